The van der Waals surface area contributed by atoms with Crippen LogP contribution in [0.1, 0.15) is 40.5 Å². The van der Waals surface area contributed by atoms with Gasteiger partial charge in [0, 0.05) is 23.5 Å². The smallest absolute Gasteiger partial charge is 0.339 e. The number of benzene rings is 2. The first kappa shape index (κ1) is 22.1. The highest BCUT2D eigenvalue weighted by atomic mass is 35.5. The molecule has 1 aliphatic carbocycles. The molecule has 34 heavy (non-hydrogen) atoms. The van der Waals surface area contributed by atoms with Crippen molar-refractivity contribution in [3.8, 4) is 0 Å². The summed E-state index contributed by atoms with van der Waals surface area (Å²) in [6.07, 6.45) is 2.32. The monoisotopic (exact) mass is 475 g/mol. The summed E-state index contributed by atoms with van der Waals surface area (Å²) in [7, 11) is 0. The lowest BCUT2D eigenvalue weighted by atomic mass is 10.0. The van der Waals surface area contributed by atoms with Crippen LogP contribution in [0.25, 0.3) is 22.6 Å². The molecule has 7 nitrogen and oxygen atoms in total. The molecule has 1 aliphatic heterocycles. The Morgan fingerprint density at radius 3 is 2.65 bits per heavy atom. The van der Waals surface area contributed by atoms with Gasteiger partial charge < -0.3 is 10.1 Å². The van der Waals surface area contributed by atoms with Crippen LogP contribution in [-0.2, 0) is 16.0 Å². The van der Waals surface area contributed by atoms with Gasteiger partial charge >= 0.3 is 12.0 Å². The van der Waals surface area contributed by atoms with E-state index in [1.165, 1.54) is 6.92 Å². The van der Waals surface area contributed by atoms with Gasteiger partial charge in [-0.2, -0.15) is 0 Å². The van der Waals surface area contributed by atoms with E-state index in [-0.39, 0.29) is 6.54 Å². The molecule has 0 spiro atoms. The van der Waals surface area contributed by atoms with E-state index < -0.39 is 24.0 Å². The lowest BCUT2D eigenvalue weighted by Crippen LogP contribution is -2.41. The van der Waals surface area contributed by atoms with Crippen LogP contribution in [0.3, 0.4) is 0 Å². The van der Waals surface area contributed by atoms with E-state index in [0.717, 1.165) is 33.7 Å². The van der Waals surface area contributed by atoms with Gasteiger partial charge in [-0.3, -0.25) is 9.69 Å². The van der Waals surface area contributed by atoms with E-state index in [1.807, 2.05) is 48.5 Å². The zero-order valence-electron chi connectivity index (χ0n) is 18.5. The third kappa shape index (κ3) is 4.03. The van der Waals surface area contributed by atoms with E-state index in [2.05, 4.69) is 11.4 Å². The maximum absolute atomic E-state index is 13.4. The summed E-state index contributed by atoms with van der Waals surface area (Å²) in [5.41, 5.74) is 4.69. The van der Waals surface area contributed by atoms with Crippen LogP contribution in [-0.4, -0.2) is 47.0 Å². The molecule has 1 fully saturated rings. The number of carbonyl (C=O) groups is 3. The highest BCUT2D eigenvalue weighted by molar-refractivity contribution is 6.30. The highest BCUT2D eigenvalue weighted by Crippen LogP contribution is 2.38. The molecule has 1 unspecified atom stereocenters. The highest BCUT2D eigenvalue weighted by Gasteiger charge is 2.33. The Balaban J connectivity index is 1.51. The number of imide groups is 1. The third-order valence-electron chi connectivity index (χ3n) is 6.11. The number of nitrogens with zero attached hydrogens (tertiary/aromatic N) is 2. The van der Waals surface area contributed by atoms with Gasteiger partial charge in [-0.05, 0) is 60.7 Å². The van der Waals surface area contributed by atoms with Crippen molar-refractivity contribution >= 4 is 52.1 Å². The van der Waals surface area contributed by atoms with Crippen LogP contribution in [0.4, 0.5) is 4.79 Å². The number of allylic oxidation sites excluding steroid dienone is 1. The summed E-state index contributed by atoms with van der Waals surface area (Å²) in [6, 6.07) is 14.5. The Bertz CT molecular complexity index is 1350. The number of para-hydroxylation sites is 1. The first-order valence-corrected chi connectivity index (χ1v) is 11.5. The second-order valence-electron chi connectivity index (χ2n) is 8.32. The zero-order valence-corrected chi connectivity index (χ0v) is 19.3. The van der Waals surface area contributed by atoms with Crippen molar-refractivity contribution < 1.29 is 19.1 Å². The molecule has 2 aromatic carbocycles. The molecule has 0 radical (unpaired) electrons. The summed E-state index contributed by atoms with van der Waals surface area (Å²) < 4.78 is 5.59. The minimum atomic E-state index is -1.09. The van der Waals surface area contributed by atoms with Gasteiger partial charge in [-0.1, -0.05) is 41.9 Å². The predicted octanol–water partition coefficient (Wildman–Crippen LogP) is 4.47. The molecule has 172 valence electrons. The molecule has 0 saturated carbocycles. The normalized spacial score (nSPS) is 17.1. The van der Waals surface area contributed by atoms with Gasteiger partial charge in [0.1, 0.15) is 0 Å². The summed E-state index contributed by atoms with van der Waals surface area (Å²) in [6.45, 7) is 2.13. The van der Waals surface area contributed by atoms with Gasteiger partial charge in [-0.25, -0.2) is 14.6 Å². The van der Waals surface area contributed by atoms with Gasteiger partial charge in [0.15, 0.2) is 6.10 Å². The summed E-state index contributed by atoms with van der Waals surface area (Å²) >= 11 is 6.01. The first-order valence-electron chi connectivity index (χ1n) is 11.1. The van der Waals surface area contributed by atoms with Gasteiger partial charge in [0.2, 0.25) is 0 Å². The maximum atomic E-state index is 13.4. The van der Waals surface area contributed by atoms with E-state index in [1.54, 1.807) is 0 Å². The van der Waals surface area contributed by atoms with E-state index in [9.17, 15) is 14.4 Å². The van der Waals surface area contributed by atoms with Gasteiger partial charge in [0.05, 0.1) is 16.8 Å². The molecule has 0 bridgehead atoms. The molecule has 1 saturated heterocycles. The van der Waals surface area contributed by atoms with Crippen LogP contribution in [0.2, 0.25) is 5.02 Å². The van der Waals surface area contributed by atoms with Crippen molar-refractivity contribution in [2.75, 3.05) is 13.1 Å². The number of urea groups is 1. The number of esters is 1. The number of halogens is 1. The van der Waals surface area contributed by atoms with Crippen LogP contribution >= 0.6 is 11.6 Å². The minimum Gasteiger partial charge on any atom is -0.449 e. The third-order valence-corrected chi connectivity index (χ3v) is 6.36. The summed E-state index contributed by atoms with van der Waals surface area (Å²) in [4.78, 5) is 43.8. The van der Waals surface area contributed by atoms with E-state index >= 15 is 0 Å². The van der Waals surface area contributed by atoms with Crippen molar-refractivity contribution in [2.45, 2.75) is 25.9 Å². The lowest BCUT2D eigenvalue weighted by Gasteiger charge is -2.19. The average molecular weight is 476 g/mol. The molecule has 3 amide bonds. The number of hydrogen-bond acceptors (Lipinski definition) is 5. The molecule has 5 rings (SSSR count). The molecule has 2 heterocycles. The Labute approximate surface area is 201 Å². The van der Waals surface area contributed by atoms with Crippen LogP contribution in [0.15, 0.2) is 48.5 Å². The minimum absolute atomic E-state index is 0.256. The number of ether oxygens (including phenoxy) is 1. The zero-order chi connectivity index (χ0) is 23.8. The molecule has 2 aliphatic rings. The van der Waals surface area contributed by atoms with Crippen molar-refractivity contribution in [1.29, 1.82) is 0 Å². The molecule has 8 heteroatoms. The lowest BCUT2D eigenvalue weighted by molar-refractivity contribution is -0.136. The second kappa shape index (κ2) is 8.91. The number of pyridine rings is 1. The molecular formula is C26H22ClN3O4. The predicted molar refractivity (Wildman–Crippen MR) is 129 cm³/mol. The Kier molecular flexibility index (Phi) is 5.79. The number of nitrogens with one attached hydrogen (secondary N) is 1. The van der Waals surface area contributed by atoms with Crippen LogP contribution in [0, 0.1) is 0 Å². The van der Waals surface area contributed by atoms with Crippen molar-refractivity contribution in [3.05, 3.63) is 75.9 Å². The quantitative estimate of drug-likeness (QED) is 0.562. The fourth-order valence-corrected chi connectivity index (χ4v) is 4.57. The van der Waals surface area contributed by atoms with Crippen molar-refractivity contribution in [1.82, 2.24) is 15.2 Å². The summed E-state index contributed by atoms with van der Waals surface area (Å²) in [5.74, 6) is -1.13. The fourth-order valence-electron chi connectivity index (χ4n) is 4.44. The van der Waals surface area contributed by atoms with Crippen molar-refractivity contribution in [2.24, 2.45) is 0 Å². The number of hydrogen-bond donors (Lipinski definition) is 1. The Morgan fingerprint density at radius 2 is 1.91 bits per heavy atom. The average Bonchev–Trinajstić information content (AvgIpc) is 3.44. The first-order chi connectivity index (χ1) is 16.4. The topological polar surface area (TPSA) is 88.6 Å². The fraction of sp³-hybridized carbons (Fsp3) is 0.231. The number of carbonyl (C=O) groups excluding carboxylic acids is 3. The van der Waals surface area contributed by atoms with Gasteiger partial charge in [-0.15, -0.1) is 0 Å². The Hall–Kier alpha value is -3.71. The molecular weight excluding hydrogens is 454 g/mol. The number of fused-ring (bicyclic) bond motifs is 2. The van der Waals surface area contributed by atoms with Crippen molar-refractivity contribution in [3.63, 3.8) is 0 Å². The molecule has 1 atom stereocenters. The SMILES string of the molecule is CC(OC(=O)c1c2c(nc3ccccc13)/C(=C/c1ccc(Cl)cc1)CC2)C(=O)N1CCNC1=O. The van der Waals surface area contributed by atoms with Crippen LogP contribution in [0.5, 0.6) is 0 Å². The summed E-state index contributed by atoms with van der Waals surface area (Å²) in [5, 5.41) is 3.92. The molecule has 1 N–H and O–H groups in total. The molecule has 3 aromatic rings. The van der Waals surface area contributed by atoms with Crippen LogP contribution < -0.4 is 5.32 Å². The Morgan fingerprint density at radius 1 is 1.15 bits per heavy atom. The molecule has 1 aromatic heterocycles. The second-order valence-corrected chi connectivity index (χ2v) is 8.76. The number of rotatable bonds is 4. The van der Waals surface area contributed by atoms with E-state index in [4.69, 9.17) is 21.3 Å². The standard InChI is InChI=1S/C26H22ClN3O4/c1-15(24(31)30-13-12-28-26(30)33)34-25(32)22-19-4-2-3-5-21(19)29-23-17(8-11-20(22)23)14-16-6-9-18(27)10-7-16/h2-7,9-10,14-15H,8,11-13H2,1H3,(H,28,33)/b17-14+. The largest absolute Gasteiger partial charge is 0.449 e. The van der Waals surface area contributed by atoms with Gasteiger partial charge in [0.25, 0.3) is 5.91 Å². The number of amides is 3. The van der Waals surface area contributed by atoms with E-state index in [0.29, 0.717) is 34.5 Å². The maximum Gasteiger partial charge on any atom is 0.339 e. The number of aromatic nitrogens is 1.